The second kappa shape index (κ2) is 7.69. The minimum Gasteiger partial charge on any atom is -0.726 e. The van der Waals surface area contributed by atoms with E-state index in [1.165, 1.54) is 6.08 Å². The van der Waals surface area contributed by atoms with Crippen LogP contribution in [0.25, 0.3) is 6.08 Å². The van der Waals surface area contributed by atoms with E-state index in [1.807, 2.05) is 30.3 Å². The zero-order valence-electron chi connectivity index (χ0n) is 8.29. The van der Waals surface area contributed by atoms with E-state index in [4.69, 9.17) is 0 Å². The predicted molar refractivity (Wildman–Crippen MR) is 51.1 cm³/mol. The van der Waals surface area contributed by atoms with Crippen molar-refractivity contribution in [3.63, 3.8) is 0 Å². The second-order valence-corrected chi connectivity index (χ2v) is 3.56. The van der Waals surface area contributed by atoms with Gasteiger partial charge in [0.25, 0.3) is 0 Å². The van der Waals surface area contributed by atoms with Gasteiger partial charge in [0.05, 0.1) is 6.61 Å². The summed E-state index contributed by atoms with van der Waals surface area (Å²) in [6, 6.07) is 9.27. The van der Waals surface area contributed by atoms with Gasteiger partial charge in [0.2, 0.25) is 10.4 Å². The molecule has 0 aromatic heterocycles. The number of benzene rings is 1. The smallest absolute Gasteiger partial charge is 0.726 e. The molecule has 0 radical (unpaired) electrons. The SMILES string of the molecule is O=S(=O)([O-])OCC=Cc1ccccc1.[K+]. The molecule has 0 saturated carbocycles. The molecule has 0 atom stereocenters. The van der Waals surface area contributed by atoms with Gasteiger partial charge in [-0.25, -0.2) is 8.42 Å². The first kappa shape index (κ1) is 15.5. The summed E-state index contributed by atoms with van der Waals surface area (Å²) < 4.78 is 34.1. The van der Waals surface area contributed by atoms with E-state index in [9.17, 15) is 13.0 Å². The van der Waals surface area contributed by atoms with Crippen LogP contribution >= 0.6 is 0 Å². The van der Waals surface area contributed by atoms with Crippen molar-refractivity contribution < 1.29 is 68.5 Å². The standard InChI is InChI=1S/C9H10O4S.K/c10-14(11,12)13-8-4-7-9-5-2-1-3-6-9;/h1-7H,8H2,(H,10,11,12);/q;+1/p-1. The van der Waals surface area contributed by atoms with Crippen molar-refractivity contribution in [3.05, 3.63) is 42.0 Å². The average Bonchev–Trinajstić information content (AvgIpc) is 2.13. The number of rotatable bonds is 4. The molecule has 1 aromatic rings. The van der Waals surface area contributed by atoms with Gasteiger partial charge in [-0.3, -0.25) is 4.18 Å². The van der Waals surface area contributed by atoms with Crippen LogP contribution in [0.1, 0.15) is 5.56 Å². The Morgan fingerprint density at radius 2 is 1.87 bits per heavy atom. The largest absolute Gasteiger partial charge is 1.00 e. The van der Waals surface area contributed by atoms with Crippen LogP contribution in [0.2, 0.25) is 0 Å². The summed E-state index contributed by atoms with van der Waals surface area (Å²) >= 11 is 0. The van der Waals surface area contributed by atoms with Gasteiger partial charge in [-0.15, -0.1) is 0 Å². The Hall–Kier alpha value is 0.466. The minimum atomic E-state index is -4.58. The van der Waals surface area contributed by atoms with Gasteiger partial charge in [0.1, 0.15) is 0 Å². The normalized spacial score (nSPS) is 11.3. The first-order valence-corrected chi connectivity index (χ1v) is 5.23. The molecule has 1 rings (SSSR count). The molecule has 0 aliphatic heterocycles. The molecule has 0 bridgehead atoms. The molecule has 0 saturated heterocycles. The maximum atomic E-state index is 10.0. The zero-order valence-corrected chi connectivity index (χ0v) is 12.2. The molecule has 4 nitrogen and oxygen atoms in total. The molecule has 0 amide bonds. The molecule has 76 valence electrons. The summed E-state index contributed by atoms with van der Waals surface area (Å²) in [5.41, 5.74) is 0.916. The van der Waals surface area contributed by atoms with Crippen molar-refractivity contribution in [2.45, 2.75) is 0 Å². The molecule has 15 heavy (non-hydrogen) atoms. The summed E-state index contributed by atoms with van der Waals surface area (Å²) in [4.78, 5) is 0. The summed E-state index contributed by atoms with van der Waals surface area (Å²) in [5, 5.41) is 0. The van der Waals surface area contributed by atoms with Crippen molar-refractivity contribution in [1.82, 2.24) is 0 Å². The number of hydrogen-bond acceptors (Lipinski definition) is 4. The third kappa shape index (κ3) is 8.29. The van der Waals surface area contributed by atoms with E-state index in [-0.39, 0.29) is 58.0 Å². The first-order chi connectivity index (χ1) is 6.58. The van der Waals surface area contributed by atoms with Crippen LogP contribution in [0.15, 0.2) is 36.4 Å². The molecule has 6 heteroatoms. The molecule has 0 unspecified atom stereocenters. The van der Waals surface area contributed by atoms with Crippen LogP contribution in [0, 0.1) is 0 Å². The van der Waals surface area contributed by atoms with Crippen LogP contribution < -0.4 is 51.4 Å². The van der Waals surface area contributed by atoms with E-state index in [0.29, 0.717) is 0 Å². The second-order valence-electron chi connectivity index (χ2n) is 2.51. The Balaban J connectivity index is 0.00000196. The molecule has 0 spiro atoms. The third-order valence-corrected chi connectivity index (χ3v) is 1.84. The first-order valence-electron chi connectivity index (χ1n) is 3.90. The Kier molecular flexibility index (Phi) is 7.93. The third-order valence-electron chi connectivity index (χ3n) is 1.42. The van der Waals surface area contributed by atoms with E-state index < -0.39 is 10.4 Å². The summed E-state index contributed by atoms with van der Waals surface area (Å²) in [6.07, 6.45) is 3.13. The molecule has 0 aliphatic carbocycles. The minimum absolute atomic E-state index is 0. The van der Waals surface area contributed by atoms with Crippen molar-refractivity contribution in [2.75, 3.05) is 6.61 Å². The van der Waals surface area contributed by atoms with Gasteiger partial charge in [0.15, 0.2) is 0 Å². The Morgan fingerprint density at radius 1 is 1.27 bits per heavy atom. The monoisotopic (exact) mass is 252 g/mol. The van der Waals surface area contributed by atoms with Crippen LogP contribution in [-0.2, 0) is 14.6 Å². The van der Waals surface area contributed by atoms with Crippen LogP contribution in [0.5, 0.6) is 0 Å². The van der Waals surface area contributed by atoms with Crippen molar-refractivity contribution in [2.24, 2.45) is 0 Å². The Morgan fingerprint density at radius 3 is 2.40 bits per heavy atom. The molecule has 0 aliphatic rings. The van der Waals surface area contributed by atoms with Gasteiger partial charge in [0, 0.05) is 0 Å². The summed E-state index contributed by atoms with van der Waals surface area (Å²) in [6.45, 7) is -0.235. The fraction of sp³-hybridized carbons (Fsp3) is 0.111. The molecule has 0 N–H and O–H groups in total. The van der Waals surface area contributed by atoms with E-state index in [0.717, 1.165) is 5.56 Å². The Labute approximate surface area is 132 Å². The van der Waals surface area contributed by atoms with Crippen LogP contribution in [0.3, 0.4) is 0 Å². The van der Waals surface area contributed by atoms with E-state index in [1.54, 1.807) is 6.08 Å². The molecule has 0 heterocycles. The zero-order chi connectivity index (χ0) is 10.4. The molecular formula is C9H9KO4S. The van der Waals surface area contributed by atoms with Crippen LogP contribution in [-0.4, -0.2) is 19.6 Å². The van der Waals surface area contributed by atoms with Gasteiger partial charge in [-0.2, -0.15) is 0 Å². The van der Waals surface area contributed by atoms with Gasteiger partial charge >= 0.3 is 51.4 Å². The van der Waals surface area contributed by atoms with Gasteiger partial charge in [-0.1, -0.05) is 42.5 Å². The maximum absolute atomic E-state index is 10.0. The summed E-state index contributed by atoms with van der Waals surface area (Å²) in [7, 11) is -4.58. The Bertz CT molecular complexity index is 399. The van der Waals surface area contributed by atoms with Crippen molar-refractivity contribution in [3.8, 4) is 0 Å². The summed E-state index contributed by atoms with van der Waals surface area (Å²) in [5.74, 6) is 0. The molecular weight excluding hydrogens is 243 g/mol. The average molecular weight is 252 g/mol. The van der Waals surface area contributed by atoms with E-state index >= 15 is 0 Å². The van der Waals surface area contributed by atoms with Gasteiger partial charge < -0.3 is 4.55 Å². The van der Waals surface area contributed by atoms with Crippen molar-refractivity contribution in [1.29, 1.82) is 0 Å². The fourth-order valence-electron chi connectivity index (χ4n) is 0.871. The predicted octanol–water partition coefficient (Wildman–Crippen LogP) is -1.82. The molecule has 0 fully saturated rings. The van der Waals surface area contributed by atoms with Gasteiger partial charge in [-0.05, 0) is 5.56 Å². The van der Waals surface area contributed by atoms with Crippen LogP contribution in [0.4, 0.5) is 0 Å². The maximum Gasteiger partial charge on any atom is 1.00 e. The fourth-order valence-corrected chi connectivity index (χ4v) is 1.12. The number of hydrogen-bond donors (Lipinski definition) is 0. The topological polar surface area (TPSA) is 66.4 Å². The van der Waals surface area contributed by atoms with Crippen molar-refractivity contribution >= 4 is 16.5 Å². The molecule has 1 aromatic carbocycles. The quantitative estimate of drug-likeness (QED) is 0.359. The van der Waals surface area contributed by atoms with E-state index in [2.05, 4.69) is 4.18 Å².